The topological polar surface area (TPSA) is 59.6 Å². The molecule has 3 N–H and O–H groups in total. The minimum Gasteiger partial charge on any atom is -0.495 e. The molecule has 104 valence electrons. The van der Waals surface area contributed by atoms with Crippen molar-refractivity contribution in [1.29, 1.82) is 0 Å². The molecule has 19 heavy (non-hydrogen) atoms. The average molecular weight is 282 g/mol. The Morgan fingerprint density at radius 2 is 2.26 bits per heavy atom. The number of nitrogens with one attached hydrogen (secondary N) is 1. The van der Waals surface area contributed by atoms with Gasteiger partial charge in [-0.2, -0.15) is 0 Å². The molecule has 1 aromatic rings. The van der Waals surface area contributed by atoms with Gasteiger partial charge in [-0.3, -0.25) is 4.99 Å². The number of aliphatic imine (C=N–C) groups is 1. The number of guanidine groups is 1. The first-order chi connectivity index (χ1) is 9.02. The van der Waals surface area contributed by atoms with Crippen LogP contribution in [0.5, 0.6) is 5.75 Å². The summed E-state index contributed by atoms with van der Waals surface area (Å²) in [4.78, 5) is 4.39. The van der Waals surface area contributed by atoms with Crippen LogP contribution in [0.15, 0.2) is 23.2 Å². The number of hydrogen-bond donors (Lipinski definition) is 2. The zero-order valence-electron chi connectivity index (χ0n) is 11.4. The molecule has 0 amide bonds. The summed E-state index contributed by atoms with van der Waals surface area (Å²) in [6, 6.07) is 5.43. The zero-order valence-corrected chi connectivity index (χ0v) is 12.1. The Labute approximate surface area is 119 Å². The van der Waals surface area contributed by atoms with Gasteiger partial charge < -0.3 is 15.8 Å². The summed E-state index contributed by atoms with van der Waals surface area (Å²) in [6.07, 6.45) is 3.77. The molecule has 0 aromatic heterocycles. The van der Waals surface area contributed by atoms with Crippen LogP contribution in [0, 0.1) is 5.41 Å². The molecule has 5 heteroatoms. The van der Waals surface area contributed by atoms with Crippen molar-refractivity contribution in [2.45, 2.75) is 26.2 Å². The van der Waals surface area contributed by atoms with Gasteiger partial charge in [-0.1, -0.05) is 24.9 Å². The highest BCUT2D eigenvalue weighted by atomic mass is 35.5. The van der Waals surface area contributed by atoms with Crippen LogP contribution in [-0.2, 0) is 0 Å². The second kappa shape index (κ2) is 5.70. The normalized spacial score (nSPS) is 17.7. The van der Waals surface area contributed by atoms with Gasteiger partial charge in [0.2, 0.25) is 0 Å². The summed E-state index contributed by atoms with van der Waals surface area (Å²) in [5.41, 5.74) is 7.02. The third kappa shape index (κ3) is 3.53. The quantitative estimate of drug-likeness (QED) is 0.658. The highest BCUT2D eigenvalue weighted by Gasteiger charge is 2.31. The highest BCUT2D eigenvalue weighted by Crippen LogP contribution is 2.40. The number of rotatable bonds is 4. The molecule has 0 heterocycles. The first kappa shape index (κ1) is 14.0. The summed E-state index contributed by atoms with van der Waals surface area (Å²) >= 11 is 6.05. The van der Waals surface area contributed by atoms with Crippen molar-refractivity contribution >= 4 is 23.2 Å². The second-order valence-electron chi connectivity index (χ2n) is 5.34. The third-order valence-corrected chi connectivity index (χ3v) is 3.91. The standard InChI is InChI=1S/C14H20ClN3O/c1-14(6-3-7-14)9-17-13(16)18-10-4-5-12(19-2)11(15)8-10/h4-5,8H,3,6-7,9H2,1-2H3,(H3,16,17,18). The predicted molar refractivity (Wildman–Crippen MR) is 80.1 cm³/mol. The lowest BCUT2D eigenvalue weighted by molar-refractivity contribution is 0.174. The molecule has 1 aliphatic rings. The van der Waals surface area contributed by atoms with Crippen molar-refractivity contribution in [3.05, 3.63) is 23.2 Å². The lowest BCUT2D eigenvalue weighted by atomic mass is 9.71. The average Bonchev–Trinajstić information content (AvgIpc) is 2.34. The number of halogens is 1. The smallest absolute Gasteiger partial charge is 0.193 e. The summed E-state index contributed by atoms with van der Waals surface area (Å²) in [5.74, 6) is 1.07. The molecule has 0 radical (unpaired) electrons. The molecule has 0 saturated heterocycles. The van der Waals surface area contributed by atoms with Gasteiger partial charge in [0.1, 0.15) is 5.75 Å². The van der Waals surface area contributed by atoms with Crippen molar-refractivity contribution in [1.82, 2.24) is 0 Å². The Bertz CT molecular complexity index is 484. The summed E-state index contributed by atoms with van der Waals surface area (Å²) in [6.45, 7) is 3.02. The Kier molecular flexibility index (Phi) is 4.20. The third-order valence-electron chi connectivity index (χ3n) is 3.62. The number of ether oxygens (including phenoxy) is 1. The maximum absolute atomic E-state index is 6.05. The molecule has 1 aromatic carbocycles. The van der Waals surface area contributed by atoms with Crippen LogP contribution in [0.4, 0.5) is 5.69 Å². The number of nitrogens with zero attached hydrogens (tertiary/aromatic N) is 1. The van der Waals surface area contributed by atoms with Crippen LogP contribution < -0.4 is 15.8 Å². The van der Waals surface area contributed by atoms with Crippen molar-refractivity contribution in [3.63, 3.8) is 0 Å². The number of nitrogens with two attached hydrogens (primary N) is 1. The molecule has 1 fully saturated rings. The monoisotopic (exact) mass is 281 g/mol. The molecule has 0 bridgehead atoms. The van der Waals surface area contributed by atoms with Crippen molar-refractivity contribution in [3.8, 4) is 5.75 Å². The number of methoxy groups -OCH3 is 1. The van der Waals surface area contributed by atoms with Gasteiger partial charge in [0.05, 0.1) is 12.1 Å². The lowest BCUT2D eigenvalue weighted by Gasteiger charge is -2.36. The van der Waals surface area contributed by atoms with Gasteiger partial charge in [0.25, 0.3) is 0 Å². The van der Waals surface area contributed by atoms with Crippen molar-refractivity contribution in [2.24, 2.45) is 16.1 Å². The highest BCUT2D eigenvalue weighted by molar-refractivity contribution is 6.32. The van der Waals surface area contributed by atoms with E-state index in [0.29, 0.717) is 22.1 Å². The van der Waals surface area contributed by atoms with Crippen LogP contribution >= 0.6 is 11.6 Å². The fourth-order valence-corrected chi connectivity index (χ4v) is 2.40. The first-order valence-corrected chi connectivity index (χ1v) is 6.81. The Balaban J connectivity index is 1.96. The first-order valence-electron chi connectivity index (χ1n) is 6.43. The molecule has 0 spiro atoms. The van der Waals surface area contributed by atoms with Crippen molar-refractivity contribution < 1.29 is 4.74 Å². The van der Waals surface area contributed by atoms with Gasteiger partial charge in [0.15, 0.2) is 5.96 Å². The summed E-state index contributed by atoms with van der Waals surface area (Å²) in [5, 5.41) is 3.59. The van der Waals surface area contributed by atoms with Crippen molar-refractivity contribution in [2.75, 3.05) is 19.0 Å². The minimum absolute atomic E-state index is 0.337. The fourth-order valence-electron chi connectivity index (χ4n) is 2.15. The molecule has 0 aliphatic heterocycles. The zero-order chi connectivity index (χ0) is 13.9. The van der Waals surface area contributed by atoms with E-state index in [-0.39, 0.29) is 0 Å². The maximum Gasteiger partial charge on any atom is 0.193 e. The van der Waals surface area contributed by atoms with E-state index >= 15 is 0 Å². The second-order valence-corrected chi connectivity index (χ2v) is 5.75. The van der Waals surface area contributed by atoms with Crippen LogP contribution in [0.1, 0.15) is 26.2 Å². The molecular formula is C14H20ClN3O. The van der Waals surface area contributed by atoms with E-state index < -0.39 is 0 Å². The predicted octanol–water partition coefficient (Wildman–Crippen LogP) is 3.27. The summed E-state index contributed by atoms with van der Waals surface area (Å²) < 4.78 is 5.10. The summed E-state index contributed by atoms with van der Waals surface area (Å²) in [7, 11) is 1.59. The lowest BCUT2D eigenvalue weighted by Crippen LogP contribution is -2.31. The number of anilines is 1. The van der Waals surface area contributed by atoms with Crippen LogP contribution in [0.2, 0.25) is 5.02 Å². The molecule has 0 atom stereocenters. The number of benzene rings is 1. The SMILES string of the molecule is COc1ccc(NC(N)=NCC2(C)CCC2)cc1Cl. The maximum atomic E-state index is 6.05. The van der Waals surface area contributed by atoms with Gasteiger partial charge >= 0.3 is 0 Å². The van der Waals surface area contributed by atoms with Gasteiger partial charge in [-0.15, -0.1) is 0 Å². The van der Waals surface area contributed by atoms with Gasteiger partial charge in [0, 0.05) is 12.2 Å². The Morgan fingerprint density at radius 1 is 1.53 bits per heavy atom. The molecule has 1 saturated carbocycles. The van der Waals surface area contributed by atoms with Crippen LogP contribution in [0.25, 0.3) is 0 Å². The molecule has 0 unspecified atom stereocenters. The number of hydrogen-bond acceptors (Lipinski definition) is 2. The largest absolute Gasteiger partial charge is 0.495 e. The van der Waals surface area contributed by atoms with E-state index in [9.17, 15) is 0 Å². The van der Waals surface area contributed by atoms with E-state index in [1.54, 1.807) is 19.2 Å². The van der Waals surface area contributed by atoms with E-state index in [0.717, 1.165) is 12.2 Å². The molecule has 4 nitrogen and oxygen atoms in total. The van der Waals surface area contributed by atoms with E-state index in [2.05, 4.69) is 17.2 Å². The Hall–Kier alpha value is -1.42. The minimum atomic E-state index is 0.337. The molecule has 2 rings (SSSR count). The van der Waals surface area contributed by atoms with E-state index in [1.165, 1.54) is 19.3 Å². The Morgan fingerprint density at radius 3 is 2.79 bits per heavy atom. The van der Waals surface area contributed by atoms with Gasteiger partial charge in [-0.05, 0) is 36.5 Å². The van der Waals surface area contributed by atoms with E-state index in [4.69, 9.17) is 22.1 Å². The van der Waals surface area contributed by atoms with Gasteiger partial charge in [-0.25, -0.2) is 0 Å². The van der Waals surface area contributed by atoms with Crippen LogP contribution in [0.3, 0.4) is 0 Å². The molecule has 1 aliphatic carbocycles. The fraction of sp³-hybridized carbons (Fsp3) is 0.500. The molecular weight excluding hydrogens is 262 g/mol. The van der Waals surface area contributed by atoms with E-state index in [1.807, 2.05) is 6.07 Å². The van der Waals surface area contributed by atoms with Crippen LogP contribution in [-0.4, -0.2) is 19.6 Å².